The lowest BCUT2D eigenvalue weighted by molar-refractivity contribution is -0.113. The van der Waals surface area contributed by atoms with Gasteiger partial charge in [-0.1, -0.05) is 30.3 Å². The van der Waals surface area contributed by atoms with Crippen molar-refractivity contribution in [3.8, 4) is 0 Å². The number of fused-ring (bicyclic) bond motifs is 3. The Morgan fingerprint density at radius 2 is 2.04 bits per heavy atom. The Labute approximate surface area is 144 Å². The van der Waals surface area contributed by atoms with Crippen molar-refractivity contribution in [3.05, 3.63) is 69.4 Å². The van der Waals surface area contributed by atoms with Crippen LogP contribution in [0.2, 0.25) is 0 Å². The molecule has 0 aliphatic carbocycles. The zero-order valence-electron chi connectivity index (χ0n) is 13.4. The van der Waals surface area contributed by atoms with Crippen LogP contribution in [-0.2, 0) is 16.0 Å². The Bertz CT molecular complexity index is 876. The van der Waals surface area contributed by atoms with Crippen molar-refractivity contribution in [1.29, 1.82) is 0 Å². The van der Waals surface area contributed by atoms with Gasteiger partial charge in [0.05, 0.1) is 5.70 Å². The highest BCUT2D eigenvalue weighted by molar-refractivity contribution is 7.10. The van der Waals surface area contributed by atoms with Crippen LogP contribution in [-0.4, -0.2) is 29.6 Å². The lowest BCUT2D eigenvalue weighted by Crippen LogP contribution is -2.42. The van der Waals surface area contributed by atoms with Gasteiger partial charge in [-0.3, -0.25) is 4.79 Å². The zero-order chi connectivity index (χ0) is 16.7. The van der Waals surface area contributed by atoms with Crippen LogP contribution in [0.25, 0.3) is 11.3 Å². The maximum absolute atomic E-state index is 12.3. The van der Waals surface area contributed by atoms with E-state index in [1.807, 2.05) is 36.4 Å². The number of ketones is 1. The molecule has 0 radical (unpaired) electrons. The predicted octanol–water partition coefficient (Wildman–Crippen LogP) is 3.57. The van der Waals surface area contributed by atoms with Crippen molar-refractivity contribution < 1.29 is 9.59 Å². The van der Waals surface area contributed by atoms with Gasteiger partial charge in [0.2, 0.25) is 0 Å². The van der Waals surface area contributed by atoms with Gasteiger partial charge in [-0.15, -0.1) is 11.3 Å². The largest absolute Gasteiger partial charge is 0.356 e. The first-order valence-electron chi connectivity index (χ1n) is 8.01. The van der Waals surface area contributed by atoms with Crippen molar-refractivity contribution in [1.82, 2.24) is 4.90 Å². The minimum Gasteiger partial charge on any atom is -0.356 e. The molecule has 4 rings (SSSR count). The monoisotopic (exact) mass is 335 g/mol. The van der Waals surface area contributed by atoms with E-state index in [9.17, 15) is 9.59 Å². The minimum absolute atomic E-state index is 0.0341. The first-order valence-corrected chi connectivity index (χ1v) is 8.89. The maximum Gasteiger partial charge on any atom is 0.161 e. The van der Waals surface area contributed by atoms with Crippen molar-refractivity contribution in [2.24, 2.45) is 0 Å². The molecule has 1 aromatic heterocycles. The average Bonchev–Trinajstić information content (AvgIpc) is 3.09. The lowest BCUT2D eigenvalue weighted by atomic mass is 9.86. The summed E-state index contributed by atoms with van der Waals surface area (Å²) in [6.45, 7) is 2.36. The molecule has 0 N–H and O–H groups in total. The number of allylic oxidation sites excluding steroid dienone is 2. The summed E-state index contributed by atoms with van der Waals surface area (Å²) >= 11 is 1.72. The SMILES string of the molecule is CC(=O)C1=C2c3ccsc3CCN2C(C=O)C(c2ccccc2)=C1. The number of carbonyl (C=O) groups is 2. The van der Waals surface area contributed by atoms with Crippen LogP contribution < -0.4 is 0 Å². The maximum atomic E-state index is 12.3. The van der Waals surface area contributed by atoms with Gasteiger partial charge in [-0.25, -0.2) is 0 Å². The van der Waals surface area contributed by atoms with Gasteiger partial charge in [0, 0.05) is 29.0 Å². The van der Waals surface area contributed by atoms with Crippen LogP contribution >= 0.6 is 11.3 Å². The molecule has 1 aromatic carbocycles. The van der Waals surface area contributed by atoms with Crippen LogP contribution in [0.4, 0.5) is 0 Å². The number of rotatable bonds is 3. The molecular formula is C20H17NO2S. The fourth-order valence-corrected chi connectivity index (χ4v) is 4.46. The van der Waals surface area contributed by atoms with E-state index < -0.39 is 0 Å². The van der Waals surface area contributed by atoms with Crippen LogP contribution in [0.3, 0.4) is 0 Å². The van der Waals surface area contributed by atoms with Crippen LogP contribution in [0.1, 0.15) is 22.9 Å². The van der Waals surface area contributed by atoms with E-state index in [1.165, 1.54) is 4.88 Å². The molecule has 2 aliphatic rings. The fourth-order valence-electron chi connectivity index (χ4n) is 3.59. The highest BCUT2D eigenvalue weighted by Gasteiger charge is 2.36. The smallest absolute Gasteiger partial charge is 0.161 e. The number of Topliss-reactive ketones (excluding diaryl/α,β-unsaturated/α-hetero) is 1. The molecule has 0 saturated carbocycles. The molecule has 3 heterocycles. The molecule has 0 saturated heterocycles. The number of benzene rings is 1. The minimum atomic E-state index is -0.349. The summed E-state index contributed by atoms with van der Waals surface area (Å²) in [7, 11) is 0. The molecule has 1 unspecified atom stereocenters. The summed E-state index contributed by atoms with van der Waals surface area (Å²) < 4.78 is 0. The topological polar surface area (TPSA) is 37.4 Å². The van der Waals surface area contributed by atoms with Crippen molar-refractivity contribution in [2.45, 2.75) is 19.4 Å². The third-order valence-corrected chi connectivity index (χ3v) is 5.67. The highest BCUT2D eigenvalue weighted by atomic mass is 32.1. The van der Waals surface area contributed by atoms with Crippen LogP contribution in [0.5, 0.6) is 0 Å². The van der Waals surface area contributed by atoms with Crippen LogP contribution in [0.15, 0.2) is 53.4 Å². The van der Waals surface area contributed by atoms with E-state index >= 15 is 0 Å². The summed E-state index contributed by atoms with van der Waals surface area (Å²) in [6, 6.07) is 11.6. The average molecular weight is 335 g/mol. The van der Waals surface area contributed by atoms with E-state index in [4.69, 9.17) is 0 Å². The first-order chi connectivity index (χ1) is 11.7. The van der Waals surface area contributed by atoms with E-state index in [-0.39, 0.29) is 11.8 Å². The zero-order valence-corrected chi connectivity index (χ0v) is 14.2. The van der Waals surface area contributed by atoms with Gasteiger partial charge in [0.1, 0.15) is 12.3 Å². The van der Waals surface area contributed by atoms with Gasteiger partial charge in [-0.05, 0) is 35.6 Å². The summed E-state index contributed by atoms with van der Waals surface area (Å²) in [5, 5.41) is 2.06. The van der Waals surface area contributed by atoms with Crippen molar-refractivity contribution in [2.75, 3.05) is 6.54 Å². The van der Waals surface area contributed by atoms with E-state index in [0.717, 1.165) is 41.6 Å². The number of nitrogens with zero attached hydrogens (tertiary/aromatic N) is 1. The Hall–Kier alpha value is -2.46. The first kappa shape index (κ1) is 15.1. The molecule has 3 nitrogen and oxygen atoms in total. The number of thiophene rings is 1. The summed E-state index contributed by atoms with van der Waals surface area (Å²) in [5.41, 5.74) is 4.61. The summed E-state index contributed by atoms with van der Waals surface area (Å²) in [5.74, 6) is 0.0341. The fraction of sp³-hybridized carbons (Fsp3) is 0.200. The van der Waals surface area contributed by atoms with Crippen molar-refractivity contribution >= 4 is 34.7 Å². The normalized spacial score (nSPS) is 19.5. The summed E-state index contributed by atoms with van der Waals surface area (Å²) in [4.78, 5) is 27.7. The second-order valence-electron chi connectivity index (χ2n) is 6.07. The standard InChI is InChI=1S/C20H17NO2S/c1-13(23)16-11-17(14-5-3-2-4-6-14)18(12-22)21-9-7-19-15(20(16)21)8-10-24-19/h2-6,8,10-12,18H,7,9H2,1H3. The van der Waals surface area contributed by atoms with Gasteiger partial charge in [-0.2, -0.15) is 0 Å². The van der Waals surface area contributed by atoms with Gasteiger partial charge in [0.25, 0.3) is 0 Å². The third kappa shape index (κ3) is 2.26. The highest BCUT2D eigenvalue weighted by Crippen LogP contribution is 2.42. The molecule has 2 aromatic rings. The second kappa shape index (κ2) is 5.87. The van der Waals surface area contributed by atoms with Gasteiger partial charge in [0.15, 0.2) is 5.78 Å². The quantitative estimate of drug-likeness (QED) is 0.805. The Morgan fingerprint density at radius 1 is 1.25 bits per heavy atom. The predicted molar refractivity (Wildman–Crippen MR) is 96.6 cm³/mol. The van der Waals surface area contributed by atoms with E-state index in [0.29, 0.717) is 5.57 Å². The Morgan fingerprint density at radius 3 is 2.75 bits per heavy atom. The number of carbonyl (C=O) groups excluding carboxylic acids is 2. The van der Waals surface area contributed by atoms with E-state index in [1.54, 1.807) is 18.3 Å². The molecule has 1 atom stereocenters. The molecule has 0 amide bonds. The second-order valence-corrected chi connectivity index (χ2v) is 7.07. The Balaban J connectivity index is 1.97. The van der Waals surface area contributed by atoms with Gasteiger partial charge < -0.3 is 9.69 Å². The number of hydrogen-bond donors (Lipinski definition) is 0. The molecule has 0 fully saturated rings. The molecule has 4 heteroatoms. The van der Waals surface area contributed by atoms with Gasteiger partial charge >= 0.3 is 0 Å². The molecule has 0 bridgehead atoms. The molecule has 24 heavy (non-hydrogen) atoms. The molecular weight excluding hydrogens is 318 g/mol. The number of aldehydes is 1. The van der Waals surface area contributed by atoms with Crippen molar-refractivity contribution in [3.63, 3.8) is 0 Å². The third-order valence-electron chi connectivity index (χ3n) is 4.69. The number of hydrogen-bond acceptors (Lipinski definition) is 4. The molecule has 0 spiro atoms. The molecule has 2 aliphatic heterocycles. The summed E-state index contributed by atoms with van der Waals surface area (Å²) in [6.07, 6.45) is 3.82. The lowest BCUT2D eigenvalue weighted by Gasteiger charge is -2.40. The molecule has 120 valence electrons. The Kier molecular flexibility index (Phi) is 3.69. The van der Waals surface area contributed by atoms with Crippen LogP contribution in [0, 0.1) is 0 Å². The van der Waals surface area contributed by atoms with E-state index in [2.05, 4.69) is 16.3 Å².